The van der Waals surface area contributed by atoms with Gasteiger partial charge in [0.05, 0.1) is 14.2 Å². The number of phenols is 1. The van der Waals surface area contributed by atoms with E-state index in [0.29, 0.717) is 30.0 Å². The van der Waals surface area contributed by atoms with Gasteiger partial charge in [0.25, 0.3) is 0 Å². The fourth-order valence-electron chi connectivity index (χ4n) is 7.34. The SMILES string of the molecule is Br.COc1cc(CNC(=O)CCCC/C=C/C(C)C)ccc1O.COc1ccc2c(c1)[C@]13CCCC[C@@H]1[C@H](C2)N(C)CC3. The molecule has 1 amide bonds. The predicted octanol–water partition coefficient (Wildman–Crippen LogP) is 7.75. The number of likely N-dealkylation sites (N-methyl/N-ethyl adjacent to an activating group) is 1. The van der Waals surface area contributed by atoms with Crippen LogP contribution in [0.3, 0.4) is 0 Å². The second kappa shape index (κ2) is 16.5. The quantitative estimate of drug-likeness (QED) is 0.202. The van der Waals surface area contributed by atoms with E-state index in [0.717, 1.165) is 42.5 Å². The van der Waals surface area contributed by atoms with Crippen molar-refractivity contribution in [3.05, 3.63) is 65.2 Å². The number of piperidine rings is 1. The van der Waals surface area contributed by atoms with Crippen LogP contribution in [0.4, 0.5) is 0 Å². The van der Waals surface area contributed by atoms with E-state index in [4.69, 9.17) is 9.47 Å². The average molecular weight is 658 g/mol. The molecule has 0 radical (unpaired) electrons. The maximum absolute atomic E-state index is 11.8. The van der Waals surface area contributed by atoms with Crippen LogP contribution in [0.5, 0.6) is 17.2 Å². The number of nitrogens with one attached hydrogen (secondary N) is 1. The highest BCUT2D eigenvalue weighted by Gasteiger charge is 2.53. The van der Waals surface area contributed by atoms with Crippen LogP contribution in [0, 0.1) is 11.8 Å². The number of rotatable bonds is 10. The Balaban J connectivity index is 0.000000230. The number of likely N-dealkylation sites (tertiary alicyclic amines) is 1. The van der Waals surface area contributed by atoms with E-state index in [9.17, 15) is 9.90 Å². The first kappa shape index (κ1) is 35.0. The van der Waals surface area contributed by atoms with E-state index in [2.05, 4.69) is 61.5 Å². The second-order valence-electron chi connectivity index (χ2n) is 12.7. The highest BCUT2D eigenvalue weighted by Crippen LogP contribution is 2.55. The molecule has 6 nitrogen and oxygen atoms in total. The number of nitrogens with zero attached hydrogens (tertiary/aromatic N) is 1. The zero-order chi connectivity index (χ0) is 30.1. The summed E-state index contributed by atoms with van der Waals surface area (Å²) in [6.45, 7) is 6.02. The van der Waals surface area contributed by atoms with Crippen molar-refractivity contribution in [2.24, 2.45) is 11.8 Å². The number of amides is 1. The first-order chi connectivity index (χ1) is 20.3. The molecule has 2 aliphatic carbocycles. The van der Waals surface area contributed by atoms with Gasteiger partial charge in [-0.3, -0.25) is 4.79 Å². The normalized spacial score (nSPS) is 22.5. The Labute approximate surface area is 270 Å². The smallest absolute Gasteiger partial charge is 0.220 e. The molecule has 0 unspecified atom stereocenters. The minimum absolute atomic E-state index is 0. The molecular formula is C36H53BrN2O4. The number of unbranched alkanes of at least 4 members (excludes halogenated alkanes) is 2. The van der Waals surface area contributed by atoms with Crippen LogP contribution in [-0.4, -0.2) is 49.8 Å². The van der Waals surface area contributed by atoms with E-state index < -0.39 is 0 Å². The Morgan fingerprint density at radius 3 is 2.67 bits per heavy atom. The molecule has 0 spiro atoms. The van der Waals surface area contributed by atoms with E-state index >= 15 is 0 Å². The molecule has 1 heterocycles. The molecule has 3 aliphatic rings. The lowest BCUT2D eigenvalue weighted by molar-refractivity contribution is -0.121. The fraction of sp³-hybridized carbons (Fsp3) is 0.583. The van der Waals surface area contributed by atoms with Crippen molar-refractivity contribution in [2.75, 3.05) is 27.8 Å². The van der Waals surface area contributed by atoms with Crippen molar-refractivity contribution in [2.45, 2.75) is 96.1 Å². The molecule has 238 valence electrons. The summed E-state index contributed by atoms with van der Waals surface area (Å²) in [7, 11) is 5.63. The topological polar surface area (TPSA) is 71.0 Å². The van der Waals surface area contributed by atoms with Crippen molar-refractivity contribution < 1.29 is 19.4 Å². The highest BCUT2D eigenvalue weighted by molar-refractivity contribution is 8.93. The Morgan fingerprint density at radius 1 is 1.12 bits per heavy atom. The lowest BCUT2D eigenvalue weighted by Gasteiger charge is -2.58. The Morgan fingerprint density at radius 2 is 1.93 bits per heavy atom. The van der Waals surface area contributed by atoms with E-state index in [1.807, 2.05) is 0 Å². The van der Waals surface area contributed by atoms with Crippen molar-refractivity contribution >= 4 is 22.9 Å². The third-order valence-corrected chi connectivity index (χ3v) is 9.60. The first-order valence-corrected chi connectivity index (χ1v) is 15.9. The summed E-state index contributed by atoms with van der Waals surface area (Å²) in [6, 6.07) is 12.7. The summed E-state index contributed by atoms with van der Waals surface area (Å²) < 4.78 is 10.5. The van der Waals surface area contributed by atoms with E-state index in [1.165, 1.54) is 52.2 Å². The molecular weight excluding hydrogens is 604 g/mol. The van der Waals surface area contributed by atoms with Gasteiger partial charge in [0.1, 0.15) is 5.75 Å². The van der Waals surface area contributed by atoms with Crippen LogP contribution in [0.15, 0.2) is 48.6 Å². The molecule has 43 heavy (non-hydrogen) atoms. The number of methoxy groups -OCH3 is 2. The van der Waals surface area contributed by atoms with Gasteiger partial charge in [-0.2, -0.15) is 0 Å². The van der Waals surface area contributed by atoms with Crippen LogP contribution in [-0.2, 0) is 23.2 Å². The first-order valence-electron chi connectivity index (χ1n) is 15.9. The number of ether oxygens (including phenoxy) is 2. The molecule has 5 rings (SSSR count). The third kappa shape index (κ3) is 8.78. The van der Waals surface area contributed by atoms with Crippen molar-refractivity contribution in [1.29, 1.82) is 0 Å². The van der Waals surface area contributed by atoms with E-state index in [1.54, 1.807) is 36.4 Å². The number of hydrogen-bond acceptors (Lipinski definition) is 5. The van der Waals surface area contributed by atoms with Gasteiger partial charge >= 0.3 is 0 Å². The second-order valence-corrected chi connectivity index (χ2v) is 12.7. The number of carbonyl (C=O) groups is 1. The molecule has 1 saturated carbocycles. The molecule has 3 atom stereocenters. The molecule has 1 saturated heterocycles. The molecule has 2 fully saturated rings. The molecule has 7 heteroatoms. The average Bonchev–Trinajstić information content (AvgIpc) is 3.00. The van der Waals surface area contributed by atoms with Crippen LogP contribution in [0.1, 0.15) is 88.3 Å². The van der Waals surface area contributed by atoms with Crippen molar-refractivity contribution in [1.82, 2.24) is 10.2 Å². The molecule has 0 aromatic heterocycles. The van der Waals surface area contributed by atoms with Gasteiger partial charge in [0, 0.05) is 24.4 Å². The molecule has 1 aliphatic heterocycles. The number of halogens is 1. The zero-order valence-electron chi connectivity index (χ0n) is 26.9. The lowest BCUT2D eigenvalue weighted by atomic mass is 9.52. The molecule has 2 N–H and O–H groups in total. The van der Waals surface area contributed by atoms with Gasteiger partial charge < -0.3 is 24.8 Å². The molecule has 2 aromatic rings. The minimum atomic E-state index is 0. The summed E-state index contributed by atoms with van der Waals surface area (Å²) in [5, 5.41) is 12.4. The van der Waals surface area contributed by atoms with Gasteiger partial charge in [-0.15, -0.1) is 17.0 Å². The summed E-state index contributed by atoms with van der Waals surface area (Å²) >= 11 is 0. The standard InChI is InChI=1S/C18H27NO3.C18H25NO.BrH/c1-14(2)8-6-4-5-7-9-18(21)19-13-15-10-11-16(20)17(12-15)22-3;1-19-10-9-18-8-4-3-5-15(18)17(19)11-13-6-7-14(20-2)12-16(13)18;/h6,8,10-12,14,20H,4-5,7,9,13H2,1-3H3,(H,19,21);6-7,12,15,17H,3-5,8-11H2,1-2H3;1H/b8-6+;;/t;15-,17+,18+;/m.1./s1. The van der Waals surface area contributed by atoms with Crippen LogP contribution >= 0.6 is 17.0 Å². The summed E-state index contributed by atoms with van der Waals surface area (Å²) in [5.74, 6) is 3.08. The summed E-state index contributed by atoms with van der Waals surface area (Å²) in [4.78, 5) is 14.4. The number of phenolic OH excluding ortho intramolecular Hbond substituents is 1. The zero-order valence-corrected chi connectivity index (χ0v) is 28.6. The number of carbonyl (C=O) groups excluding carboxylic acids is 1. The lowest BCUT2D eigenvalue weighted by Crippen LogP contribution is -2.59. The monoisotopic (exact) mass is 656 g/mol. The largest absolute Gasteiger partial charge is 0.504 e. The van der Waals surface area contributed by atoms with Crippen molar-refractivity contribution in [3.63, 3.8) is 0 Å². The van der Waals surface area contributed by atoms with Crippen LogP contribution in [0.25, 0.3) is 0 Å². The number of fused-ring (bicyclic) bond motifs is 1. The highest BCUT2D eigenvalue weighted by atomic mass is 79.9. The maximum Gasteiger partial charge on any atom is 0.220 e. The number of aromatic hydroxyl groups is 1. The Kier molecular flexibility index (Phi) is 13.4. The summed E-state index contributed by atoms with van der Waals surface area (Å²) in [5.41, 5.74) is 4.58. The van der Waals surface area contributed by atoms with Crippen LogP contribution < -0.4 is 14.8 Å². The Hall–Kier alpha value is -2.51. The summed E-state index contributed by atoms with van der Waals surface area (Å²) in [6.07, 6.45) is 16.1. The van der Waals surface area contributed by atoms with Gasteiger partial charge in [-0.25, -0.2) is 0 Å². The van der Waals surface area contributed by atoms with E-state index in [-0.39, 0.29) is 28.6 Å². The predicted molar refractivity (Wildman–Crippen MR) is 181 cm³/mol. The molecule has 2 bridgehead atoms. The van der Waals surface area contributed by atoms with Gasteiger partial charge in [0.2, 0.25) is 5.91 Å². The van der Waals surface area contributed by atoms with Crippen molar-refractivity contribution in [3.8, 4) is 17.2 Å². The van der Waals surface area contributed by atoms with Gasteiger partial charge in [0.15, 0.2) is 11.5 Å². The number of benzene rings is 2. The number of allylic oxidation sites excluding steroid dienone is 2. The third-order valence-electron chi connectivity index (χ3n) is 9.60. The van der Waals surface area contributed by atoms with Crippen LogP contribution in [0.2, 0.25) is 0 Å². The van der Waals surface area contributed by atoms with Gasteiger partial charge in [-0.1, -0.05) is 51.0 Å². The minimum Gasteiger partial charge on any atom is -0.504 e. The maximum atomic E-state index is 11.8. The fourth-order valence-corrected chi connectivity index (χ4v) is 7.34. The molecule has 2 aromatic carbocycles. The van der Waals surface area contributed by atoms with Gasteiger partial charge in [-0.05, 0) is 111 Å². The Bertz CT molecular complexity index is 1220. The number of hydrogen-bond donors (Lipinski definition) is 2.